The zero-order valence-corrected chi connectivity index (χ0v) is 14.0. The highest BCUT2D eigenvalue weighted by Crippen LogP contribution is 2.42. The number of fused-ring (bicyclic) bond motifs is 1. The Morgan fingerprint density at radius 3 is 2.68 bits per heavy atom. The Hall–Kier alpha value is -2.98. The molecule has 1 aromatic carbocycles. The summed E-state index contributed by atoms with van der Waals surface area (Å²) in [7, 11) is 0. The van der Waals surface area contributed by atoms with Gasteiger partial charge in [-0.2, -0.15) is 5.26 Å². The van der Waals surface area contributed by atoms with Crippen LogP contribution >= 0.6 is 0 Å². The Morgan fingerprint density at radius 2 is 2.00 bits per heavy atom. The van der Waals surface area contributed by atoms with Gasteiger partial charge in [-0.15, -0.1) is 5.10 Å². The second kappa shape index (κ2) is 6.15. The number of anilines is 1. The molecule has 0 saturated carbocycles. The van der Waals surface area contributed by atoms with Crippen LogP contribution in [0.15, 0.2) is 35.7 Å². The topological polar surface area (TPSA) is 100 Å². The zero-order chi connectivity index (χ0) is 17.4. The van der Waals surface area contributed by atoms with Gasteiger partial charge in [-0.25, -0.2) is 0 Å². The molecule has 0 radical (unpaired) electrons. The van der Waals surface area contributed by atoms with Gasteiger partial charge < -0.3 is 20.1 Å². The summed E-state index contributed by atoms with van der Waals surface area (Å²) in [6.07, 6.45) is 0. The number of ether oxygens (including phenoxy) is 2. The number of hydrogen-bond acceptors (Lipinski definition) is 6. The van der Waals surface area contributed by atoms with Crippen molar-refractivity contribution in [1.82, 2.24) is 10.2 Å². The van der Waals surface area contributed by atoms with Crippen LogP contribution in [0, 0.1) is 18.3 Å². The average Bonchev–Trinajstić information content (AvgIpc) is 3.02. The fraction of sp³-hybridized carbons (Fsp3) is 0.333. The van der Waals surface area contributed by atoms with Gasteiger partial charge in [-0.3, -0.25) is 5.10 Å². The molecule has 7 heteroatoms. The largest absolute Gasteiger partial charge is 0.420 e. The SMILES string of the molecule is Cc1[nH]nc2c1[C@@H](c1ccc(N3CCOCC3)cc1)C(C#N)=C(N)O2. The molecule has 4 rings (SSSR count). The highest BCUT2D eigenvalue weighted by Gasteiger charge is 2.34. The fourth-order valence-corrected chi connectivity index (χ4v) is 3.43. The van der Waals surface area contributed by atoms with Crippen molar-refractivity contribution in [1.29, 1.82) is 5.26 Å². The first-order valence-corrected chi connectivity index (χ1v) is 8.24. The lowest BCUT2D eigenvalue weighted by molar-refractivity contribution is 0.122. The van der Waals surface area contributed by atoms with Gasteiger partial charge >= 0.3 is 0 Å². The second-order valence-corrected chi connectivity index (χ2v) is 6.18. The third kappa shape index (κ3) is 2.61. The second-order valence-electron chi connectivity index (χ2n) is 6.18. The fourth-order valence-electron chi connectivity index (χ4n) is 3.43. The van der Waals surface area contributed by atoms with E-state index in [4.69, 9.17) is 15.2 Å². The van der Waals surface area contributed by atoms with E-state index in [1.807, 2.05) is 19.1 Å². The molecule has 7 nitrogen and oxygen atoms in total. The number of nitrogens with two attached hydrogens (primary N) is 1. The van der Waals surface area contributed by atoms with Gasteiger partial charge in [0, 0.05) is 30.0 Å². The van der Waals surface area contributed by atoms with Crippen LogP contribution in [0.4, 0.5) is 5.69 Å². The molecule has 2 aromatic rings. The molecular weight excluding hydrogens is 318 g/mol. The van der Waals surface area contributed by atoms with Crippen molar-refractivity contribution in [2.75, 3.05) is 31.2 Å². The van der Waals surface area contributed by atoms with Crippen LogP contribution in [0.5, 0.6) is 5.88 Å². The van der Waals surface area contributed by atoms with E-state index in [1.54, 1.807) is 0 Å². The molecular formula is C18H19N5O2. The number of rotatable bonds is 2. The number of aromatic amines is 1. The first-order valence-electron chi connectivity index (χ1n) is 8.24. The van der Waals surface area contributed by atoms with Gasteiger partial charge in [0.15, 0.2) is 0 Å². The number of aromatic nitrogens is 2. The first-order chi connectivity index (χ1) is 12.2. The number of aryl methyl sites for hydroxylation is 1. The maximum Gasteiger partial charge on any atom is 0.244 e. The van der Waals surface area contributed by atoms with E-state index in [-0.39, 0.29) is 11.8 Å². The number of nitriles is 1. The number of allylic oxidation sites excluding steroid dienone is 1. The van der Waals surface area contributed by atoms with Gasteiger partial charge in [-0.1, -0.05) is 12.1 Å². The third-order valence-corrected chi connectivity index (χ3v) is 4.73. The summed E-state index contributed by atoms with van der Waals surface area (Å²) in [6.45, 7) is 5.19. The minimum absolute atomic E-state index is 0.115. The summed E-state index contributed by atoms with van der Waals surface area (Å²) in [4.78, 5) is 2.29. The molecule has 25 heavy (non-hydrogen) atoms. The van der Waals surface area contributed by atoms with Crippen LogP contribution < -0.4 is 15.4 Å². The highest BCUT2D eigenvalue weighted by atomic mass is 16.5. The van der Waals surface area contributed by atoms with Gasteiger partial charge in [0.25, 0.3) is 0 Å². The normalized spacial score (nSPS) is 20.0. The summed E-state index contributed by atoms with van der Waals surface area (Å²) in [5.41, 5.74) is 10.2. The lowest BCUT2D eigenvalue weighted by atomic mass is 9.84. The van der Waals surface area contributed by atoms with E-state index in [1.165, 1.54) is 0 Å². The lowest BCUT2D eigenvalue weighted by Crippen LogP contribution is -2.36. The summed E-state index contributed by atoms with van der Waals surface area (Å²) >= 11 is 0. The van der Waals surface area contributed by atoms with E-state index in [2.05, 4.69) is 33.3 Å². The molecule has 0 spiro atoms. The number of H-pyrrole nitrogens is 1. The molecule has 1 aromatic heterocycles. The maximum atomic E-state index is 9.58. The van der Waals surface area contributed by atoms with Crippen LogP contribution in [0.25, 0.3) is 0 Å². The smallest absolute Gasteiger partial charge is 0.244 e. The first kappa shape index (κ1) is 15.5. The quantitative estimate of drug-likeness (QED) is 0.866. The molecule has 0 unspecified atom stereocenters. The van der Waals surface area contributed by atoms with Crippen LogP contribution in [0.1, 0.15) is 22.7 Å². The minimum atomic E-state index is -0.272. The van der Waals surface area contributed by atoms with Crippen LogP contribution in [-0.2, 0) is 4.74 Å². The van der Waals surface area contributed by atoms with Gasteiger partial charge in [0.05, 0.1) is 19.1 Å². The van der Waals surface area contributed by atoms with Crippen molar-refractivity contribution in [2.24, 2.45) is 5.73 Å². The number of benzene rings is 1. The zero-order valence-electron chi connectivity index (χ0n) is 14.0. The number of nitrogens with zero attached hydrogens (tertiary/aromatic N) is 3. The molecule has 0 amide bonds. The number of morpholine rings is 1. The minimum Gasteiger partial charge on any atom is -0.420 e. The maximum absolute atomic E-state index is 9.58. The molecule has 128 valence electrons. The van der Waals surface area contributed by atoms with E-state index >= 15 is 0 Å². The summed E-state index contributed by atoms with van der Waals surface area (Å²) in [5.74, 6) is 0.284. The third-order valence-electron chi connectivity index (χ3n) is 4.73. The molecule has 1 atom stereocenters. The van der Waals surface area contributed by atoms with Crippen molar-refractivity contribution in [3.8, 4) is 11.9 Å². The van der Waals surface area contributed by atoms with Crippen molar-refractivity contribution < 1.29 is 9.47 Å². The van der Waals surface area contributed by atoms with Gasteiger partial charge in [0.2, 0.25) is 11.8 Å². The number of nitrogens with one attached hydrogen (secondary N) is 1. The van der Waals surface area contributed by atoms with Crippen molar-refractivity contribution in [3.05, 3.63) is 52.5 Å². The van der Waals surface area contributed by atoms with Crippen molar-refractivity contribution in [2.45, 2.75) is 12.8 Å². The van der Waals surface area contributed by atoms with Crippen molar-refractivity contribution in [3.63, 3.8) is 0 Å². The summed E-state index contributed by atoms with van der Waals surface area (Å²) < 4.78 is 10.9. The predicted molar refractivity (Wildman–Crippen MR) is 92.1 cm³/mol. The highest BCUT2D eigenvalue weighted by molar-refractivity contribution is 5.57. The Kier molecular flexibility index (Phi) is 3.82. The monoisotopic (exact) mass is 337 g/mol. The molecule has 1 saturated heterocycles. The van der Waals surface area contributed by atoms with Gasteiger partial charge in [0.1, 0.15) is 11.6 Å². The summed E-state index contributed by atoms with van der Waals surface area (Å²) in [5, 5.41) is 16.7. The molecule has 1 fully saturated rings. The van der Waals surface area contributed by atoms with Gasteiger partial charge in [-0.05, 0) is 24.6 Å². The molecule has 0 aliphatic carbocycles. The van der Waals surface area contributed by atoms with E-state index in [0.29, 0.717) is 11.5 Å². The Bertz CT molecular complexity index is 857. The molecule has 0 bridgehead atoms. The molecule has 2 aliphatic rings. The van der Waals surface area contributed by atoms with Crippen LogP contribution in [0.3, 0.4) is 0 Å². The summed E-state index contributed by atoms with van der Waals surface area (Å²) in [6, 6.07) is 10.4. The van der Waals surface area contributed by atoms with Crippen LogP contribution in [0.2, 0.25) is 0 Å². The Balaban J connectivity index is 1.72. The standard InChI is InChI=1S/C18H19N5O2/c1-11-15-16(14(10-19)17(20)25-18(15)22-21-11)12-2-4-13(5-3-12)23-6-8-24-9-7-23/h2-5,16H,6-9,20H2,1H3,(H,21,22)/t16-/m0/s1. The van der Waals surface area contributed by atoms with E-state index < -0.39 is 0 Å². The van der Waals surface area contributed by atoms with E-state index in [0.717, 1.165) is 48.8 Å². The van der Waals surface area contributed by atoms with Crippen molar-refractivity contribution >= 4 is 5.69 Å². The molecule has 3 N–H and O–H groups in total. The van der Waals surface area contributed by atoms with E-state index in [9.17, 15) is 5.26 Å². The number of hydrogen-bond donors (Lipinski definition) is 2. The molecule has 2 aliphatic heterocycles. The molecule has 3 heterocycles. The Morgan fingerprint density at radius 1 is 1.28 bits per heavy atom. The lowest BCUT2D eigenvalue weighted by Gasteiger charge is -2.29. The predicted octanol–water partition coefficient (Wildman–Crippen LogP) is 1.77. The average molecular weight is 337 g/mol. The Labute approximate surface area is 145 Å². The van der Waals surface area contributed by atoms with Crippen LogP contribution in [-0.4, -0.2) is 36.5 Å².